The average Bonchev–Trinajstić information content (AvgIpc) is 2.23. The SMILES string of the molecule is Clc1nc(C2CCCCS2)ncc1Br. The van der Waals surface area contributed by atoms with Crippen LogP contribution < -0.4 is 0 Å². The molecule has 2 heterocycles. The van der Waals surface area contributed by atoms with Crippen LogP contribution in [0, 0.1) is 0 Å². The highest BCUT2D eigenvalue weighted by Crippen LogP contribution is 2.37. The van der Waals surface area contributed by atoms with Crippen molar-refractivity contribution in [3.8, 4) is 0 Å². The Morgan fingerprint density at radius 1 is 1.50 bits per heavy atom. The van der Waals surface area contributed by atoms with E-state index in [4.69, 9.17) is 11.6 Å². The van der Waals surface area contributed by atoms with E-state index < -0.39 is 0 Å². The summed E-state index contributed by atoms with van der Waals surface area (Å²) in [5.74, 6) is 2.09. The monoisotopic (exact) mass is 292 g/mol. The van der Waals surface area contributed by atoms with Gasteiger partial charge in [-0.1, -0.05) is 18.0 Å². The van der Waals surface area contributed by atoms with Crippen LogP contribution >= 0.6 is 39.3 Å². The number of nitrogens with zero attached hydrogens (tertiary/aromatic N) is 2. The van der Waals surface area contributed by atoms with E-state index in [0.717, 1.165) is 10.3 Å². The Kier molecular flexibility index (Phi) is 3.68. The largest absolute Gasteiger partial charge is 0.239 e. The minimum Gasteiger partial charge on any atom is -0.239 e. The lowest BCUT2D eigenvalue weighted by Crippen LogP contribution is -2.06. The van der Waals surface area contributed by atoms with E-state index >= 15 is 0 Å². The van der Waals surface area contributed by atoms with Gasteiger partial charge in [-0.05, 0) is 34.5 Å². The number of thioether (sulfide) groups is 1. The molecule has 1 aromatic heterocycles. The van der Waals surface area contributed by atoms with Crippen LogP contribution in [0.4, 0.5) is 0 Å². The van der Waals surface area contributed by atoms with Crippen LogP contribution in [0.2, 0.25) is 5.15 Å². The molecule has 0 saturated carbocycles. The summed E-state index contributed by atoms with van der Waals surface area (Å²) in [4.78, 5) is 8.58. The Hall–Kier alpha value is 0.200. The second-order valence-electron chi connectivity index (χ2n) is 3.22. The standard InChI is InChI=1S/C9H10BrClN2S/c10-6-5-12-9(13-8(6)11)7-3-1-2-4-14-7/h5,7H,1-4H2. The number of aromatic nitrogens is 2. The zero-order chi connectivity index (χ0) is 9.97. The number of rotatable bonds is 1. The van der Waals surface area contributed by atoms with Crippen LogP contribution in [0.5, 0.6) is 0 Å². The maximum Gasteiger partial charge on any atom is 0.146 e. The summed E-state index contributed by atoms with van der Waals surface area (Å²) in [6.45, 7) is 0. The van der Waals surface area contributed by atoms with Crippen molar-refractivity contribution in [2.75, 3.05) is 5.75 Å². The maximum absolute atomic E-state index is 5.93. The minimum absolute atomic E-state index is 0.439. The summed E-state index contributed by atoms with van der Waals surface area (Å²) in [5.41, 5.74) is 0. The number of halogens is 2. The molecular weight excluding hydrogens is 284 g/mol. The first-order chi connectivity index (χ1) is 6.77. The van der Waals surface area contributed by atoms with Crippen LogP contribution in [0.15, 0.2) is 10.7 Å². The Morgan fingerprint density at radius 2 is 2.36 bits per heavy atom. The zero-order valence-corrected chi connectivity index (χ0v) is 10.7. The molecule has 1 aliphatic rings. The molecule has 2 nitrogen and oxygen atoms in total. The Morgan fingerprint density at radius 3 is 3.00 bits per heavy atom. The second kappa shape index (κ2) is 4.81. The van der Waals surface area contributed by atoms with Crippen LogP contribution in [0.25, 0.3) is 0 Å². The van der Waals surface area contributed by atoms with Crippen molar-refractivity contribution in [1.82, 2.24) is 9.97 Å². The average molecular weight is 294 g/mol. The third kappa shape index (κ3) is 2.41. The maximum atomic E-state index is 5.93. The summed E-state index contributed by atoms with van der Waals surface area (Å²) < 4.78 is 0.767. The van der Waals surface area contributed by atoms with Crippen molar-refractivity contribution in [1.29, 1.82) is 0 Å². The molecule has 0 amide bonds. The van der Waals surface area contributed by atoms with Gasteiger partial charge < -0.3 is 0 Å². The Bertz CT molecular complexity index is 329. The first-order valence-corrected chi connectivity index (χ1v) is 6.79. The Balaban J connectivity index is 2.18. The molecule has 1 saturated heterocycles. The first-order valence-electron chi connectivity index (χ1n) is 4.57. The predicted octanol–water partition coefficient (Wildman–Crippen LogP) is 3.85. The van der Waals surface area contributed by atoms with E-state index in [1.54, 1.807) is 6.20 Å². The molecule has 0 radical (unpaired) electrons. The molecule has 1 unspecified atom stereocenters. The summed E-state index contributed by atoms with van der Waals surface area (Å²) in [5, 5.41) is 0.954. The van der Waals surface area contributed by atoms with Gasteiger partial charge in [0, 0.05) is 6.20 Å². The zero-order valence-electron chi connectivity index (χ0n) is 7.54. The van der Waals surface area contributed by atoms with E-state index in [1.807, 2.05) is 11.8 Å². The van der Waals surface area contributed by atoms with Crippen molar-refractivity contribution >= 4 is 39.3 Å². The second-order valence-corrected chi connectivity index (χ2v) is 5.75. The van der Waals surface area contributed by atoms with Gasteiger partial charge in [0.25, 0.3) is 0 Å². The molecule has 1 aromatic rings. The van der Waals surface area contributed by atoms with Gasteiger partial charge >= 0.3 is 0 Å². The molecule has 14 heavy (non-hydrogen) atoms. The molecule has 1 fully saturated rings. The first kappa shape index (κ1) is 10.7. The lowest BCUT2D eigenvalue weighted by Gasteiger charge is -2.19. The highest BCUT2D eigenvalue weighted by Gasteiger charge is 2.19. The fourth-order valence-corrected chi connectivity index (χ4v) is 3.04. The van der Waals surface area contributed by atoms with Crippen LogP contribution in [0.1, 0.15) is 30.3 Å². The normalized spacial score (nSPS) is 22.3. The predicted molar refractivity (Wildman–Crippen MR) is 63.8 cm³/mol. The van der Waals surface area contributed by atoms with E-state index in [1.165, 1.54) is 25.0 Å². The molecule has 0 bridgehead atoms. The van der Waals surface area contributed by atoms with E-state index in [2.05, 4.69) is 25.9 Å². The highest BCUT2D eigenvalue weighted by atomic mass is 79.9. The summed E-state index contributed by atoms with van der Waals surface area (Å²) >= 11 is 11.1. The quantitative estimate of drug-likeness (QED) is 0.736. The lowest BCUT2D eigenvalue weighted by atomic mass is 10.2. The van der Waals surface area contributed by atoms with Gasteiger partial charge in [0.15, 0.2) is 0 Å². The molecule has 2 rings (SSSR count). The summed E-state index contributed by atoms with van der Waals surface area (Å²) in [6, 6.07) is 0. The Labute approximate surface area is 101 Å². The van der Waals surface area contributed by atoms with Crippen molar-refractivity contribution in [2.24, 2.45) is 0 Å². The van der Waals surface area contributed by atoms with Gasteiger partial charge in [-0.2, -0.15) is 11.8 Å². The fraction of sp³-hybridized carbons (Fsp3) is 0.556. The van der Waals surface area contributed by atoms with Gasteiger partial charge in [0.2, 0.25) is 0 Å². The topological polar surface area (TPSA) is 25.8 Å². The molecule has 0 aliphatic carbocycles. The fourth-order valence-electron chi connectivity index (χ4n) is 1.46. The summed E-state index contributed by atoms with van der Waals surface area (Å²) in [7, 11) is 0. The molecule has 0 spiro atoms. The summed E-state index contributed by atoms with van der Waals surface area (Å²) in [6.07, 6.45) is 5.49. The van der Waals surface area contributed by atoms with Crippen molar-refractivity contribution in [3.63, 3.8) is 0 Å². The van der Waals surface area contributed by atoms with Crippen LogP contribution in [-0.2, 0) is 0 Å². The van der Waals surface area contributed by atoms with Crippen LogP contribution in [-0.4, -0.2) is 15.7 Å². The van der Waals surface area contributed by atoms with Gasteiger partial charge in [-0.15, -0.1) is 0 Å². The van der Waals surface area contributed by atoms with Crippen molar-refractivity contribution < 1.29 is 0 Å². The van der Waals surface area contributed by atoms with Gasteiger partial charge in [0.05, 0.1) is 9.72 Å². The molecule has 0 aromatic carbocycles. The lowest BCUT2D eigenvalue weighted by molar-refractivity contribution is 0.661. The molecule has 1 aliphatic heterocycles. The smallest absolute Gasteiger partial charge is 0.146 e. The third-order valence-electron chi connectivity index (χ3n) is 2.19. The molecular formula is C9H10BrClN2S. The van der Waals surface area contributed by atoms with Gasteiger partial charge in [0.1, 0.15) is 11.0 Å². The highest BCUT2D eigenvalue weighted by molar-refractivity contribution is 9.10. The van der Waals surface area contributed by atoms with E-state index in [-0.39, 0.29) is 0 Å². The van der Waals surface area contributed by atoms with Crippen LogP contribution in [0.3, 0.4) is 0 Å². The molecule has 0 N–H and O–H groups in total. The minimum atomic E-state index is 0.439. The van der Waals surface area contributed by atoms with E-state index in [0.29, 0.717) is 10.4 Å². The molecule has 1 atom stereocenters. The van der Waals surface area contributed by atoms with Crippen molar-refractivity contribution in [3.05, 3.63) is 21.6 Å². The van der Waals surface area contributed by atoms with E-state index in [9.17, 15) is 0 Å². The van der Waals surface area contributed by atoms with Gasteiger partial charge in [-0.25, -0.2) is 9.97 Å². The van der Waals surface area contributed by atoms with Gasteiger partial charge in [-0.3, -0.25) is 0 Å². The number of hydrogen-bond acceptors (Lipinski definition) is 3. The third-order valence-corrected chi connectivity index (χ3v) is 4.66. The van der Waals surface area contributed by atoms with Crippen molar-refractivity contribution in [2.45, 2.75) is 24.5 Å². The molecule has 5 heteroatoms. The molecule has 76 valence electrons. The number of hydrogen-bond donors (Lipinski definition) is 0.